The van der Waals surface area contributed by atoms with Gasteiger partial charge in [-0.1, -0.05) is 30.3 Å². The van der Waals surface area contributed by atoms with E-state index in [0.29, 0.717) is 24.5 Å². The summed E-state index contributed by atoms with van der Waals surface area (Å²) < 4.78 is 10.8. The van der Waals surface area contributed by atoms with Gasteiger partial charge >= 0.3 is 0 Å². The highest BCUT2D eigenvalue weighted by Crippen LogP contribution is 2.40. The van der Waals surface area contributed by atoms with Crippen molar-refractivity contribution in [3.8, 4) is 5.75 Å². The van der Waals surface area contributed by atoms with Crippen LogP contribution < -0.4 is 4.74 Å². The van der Waals surface area contributed by atoms with E-state index in [0.717, 1.165) is 18.4 Å². The Labute approximate surface area is 169 Å². The van der Waals surface area contributed by atoms with Crippen LogP contribution in [0, 0.1) is 0 Å². The van der Waals surface area contributed by atoms with E-state index in [9.17, 15) is 14.7 Å². The Hall–Kier alpha value is -3.12. The molecule has 0 saturated carbocycles. The van der Waals surface area contributed by atoms with E-state index in [2.05, 4.69) is 0 Å². The molecular weight excluding hydrogens is 370 g/mol. The van der Waals surface area contributed by atoms with E-state index >= 15 is 0 Å². The fourth-order valence-electron chi connectivity index (χ4n) is 3.96. The lowest BCUT2D eigenvalue weighted by Crippen LogP contribution is -2.36. The number of methoxy groups -OCH3 is 1. The third-order valence-corrected chi connectivity index (χ3v) is 5.44. The number of benzene rings is 2. The van der Waals surface area contributed by atoms with Crippen LogP contribution in [0.4, 0.5) is 0 Å². The van der Waals surface area contributed by atoms with Crippen molar-refractivity contribution in [3.05, 3.63) is 71.3 Å². The summed E-state index contributed by atoms with van der Waals surface area (Å²) in [6.07, 6.45) is 1.69. The molecule has 2 aliphatic rings. The molecule has 0 aliphatic carbocycles. The lowest BCUT2D eigenvalue weighted by atomic mass is 9.95. The normalized spacial score (nSPS) is 23.6. The third-order valence-electron chi connectivity index (χ3n) is 5.44. The van der Waals surface area contributed by atoms with Gasteiger partial charge in [0.25, 0.3) is 11.7 Å². The summed E-state index contributed by atoms with van der Waals surface area (Å²) in [6.45, 7) is 0.986. The molecule has 150 valence electrons. The monoisotopic (exact) mass is 393 g/mol. The average molecular weight is 393 g/mol. The van der Waals surface area contributed by atoms with E-state index in [1.807, 2.05) is 30.3 Å². The number of amides is 1. The number of likely N-dealkylation sites (tertiary alicyclic amines) is 1. The minimum absolute atomic E-state index is 0.0968. The summed E-state index contributed by atoms with van der Waals surface area (Å²) in [5, 5.41) is 11.0. The Kier molecular flexibility index (Phi) is 5.36. The molecule has 2 heterocycles. The fraction of sp³-hybridized carbons (Fsp3) is 0.304. The van der Waals surface area contributed by atoms with Crippen LogP contribution in [-0.2, 0) is 14.3 Å². The molecule has 2 saturated heterocycles. The topological polar surface area (TPSA) is 76.1 Å². The molecule has 1 amide bonds. The predicted molar refractivity (Wildman–Crippen MR) is 107 cm³/mol. The van der Waals surface area contributed by atoms with Gasteiger partial charge in [-0.2, -0.15) is 0 Å². The largest absolute Gasteiger partial charge is 0.507 e. The second-order valence-electron chi connectivity index (χ2n) is 7.23. The van der Waals surface area contributed by atoms with Crippen LogP contribution in [0.15, 0.2) is 60.2 Å². The average Bonchev–Trinajstić information content (AvgIpc) is 3.36. The molecule has 2 aliphatic heterocycles. The number of ether oxygens (including phenoxy) is 2. The van der Waals surface area contributed by atoms with Crippen LogP contribution in [0.25, 0.3) is 5.76 Å². The number of aliphatic hydroxyl groups is 1. The fourth-order valence-corrected chi connectivity index (χ4v) is 3.96. The van der Waals surface area contributed by atoms with Crippen LogP contribution in [0.2, 0.25) is 0 Å². The summed E-state index contributed by atoms with van der Waals surface area (Å²) in [4.78, 5) is 27.3. The van der Waals surface area contributed by atoms with Crippen LogP contribution in [0.1, 0.15) is 30.0 Å². The van der Waals surface area contributed by atoms with Gasteiger partial charge in [-0.3, -0.25) is 9.59 Å². The summed E-state index contributed by atoms with van der Waals surface area (Å²) in [7, 11) is 1.56. The van der Waals surface area contributed by atoms with Crippen molar-refractivity contribution in [2.24, 2.45) is 0 Å². The number of carbonyl (C=O) groups excluding carboxylic acids is 2. The molecule has 2 fully saturated rings. The number of Topliss-reactive ketones (excluding diaryl/α,β-unsaturated/α-hetero) is 1. The number of carbonyl (C=O) groups is 2. The van der Waals surface area contributed by atoms with E-state index in [4.69, 9.17) is 9.47 Å². The van der Waals surface area contributed by atoms with Crippen molar-refractivity contribution >= 4 is 17.4 Å². The van der Waals surface area contributed by atoms with Gasteiger partial charge < -0.3 is 19.5 Å². The van der Waals surface area contributed by atoms with E-state index in [1.165, 1.54) is 4.90 Å². The second-order valence-corrected chi connectivity index (χ2v) is 7.23. The first kappa shape index (κ1) is 19.2. The smallest absolute Gasteiger partial charge is 0.295 e. The molecule has 0 aromatic heterocycles. The molecule has 6 nitrogen and oxygen atoms in total. The Morgan fingerprint density at radius 1 is 1.14 bits per heavy atom. The maximum atomic E-state index is 12.9. The molecule has 6 heteroatoms. The molecule has 29 heavy (non-hydrogen) atoms. The third kappa shape index (κ3) is 3.63. The lowest BCUT2D eigenvalue weighted by Gasteiger charge is -2.27. The molecule has 0 spiro atoms. The van der Waals surface area contributed by atoms with Crippen LogP contribution in [-0.4, -0.2) is 48.1 Å². The standard InChI is InChI=1S/C23H23NO5/c1-28-17-11-9-16(10-12-17)21(25)19-20(15-6-3-2-4-7-15)24(23(27)22(19)26)14-18-8-5-13-29-18/h2-4,6-7,9-12,18,20,25H,5,8,13-14H2,1H3/b21-19-. The zero-order chi connectivity index (χ0) is 20.4. The number of hydrogen-bond acceptors (Lipinski definition) is 5. The van der Waals surface area contributed by atoms with Gasteiger partial charge in [0.05, 0.1) is 24.8 Å². The Balaban J connectivity index is 1.79. The number of rotatable bonds is 5. The van der Waals surface area contributed by atoms with E-state index < -0.39 is 17.7 Å². The Bertz CT molecular complexity index is 930. The maximum Gasteiger partial charge on any atom is 0.295 e. The second kappa shape index (κ2) is 8.09. The minimum atomic E-state index is -0.676. The maximum absolute atomic E-state index is 12.9. The van der Waals surface area contributed by atoms with Gasteiger partial charge in [0.15, 0.2) is 0 Å². The zero-order valence-corrected chi connectivity index (χ0v) is 16.2. The first-order chi connectivity index (χ1) is 14.1. The number of nitrogens with zero attached hydrogens (tertiary/aromatic N) is 1. The van der Waals surface area contributed by atoms with Gasteiger partial charge in [-0.25, -0.2) is 0 Å². The first-order valence-electron chi connectivity index (χ1n) is 9.69. The molecule has 4 rings (SSSR count). The van der Waals surface area contributed by atoms with Crippen LogP contribution in [0.3, 0.4) is 0 Å². The van der Waals surface area contributed by atoms with Crippen molar-refractivity contribution in [1.29, 1.82) is 0 Å². The van der Waals surface area contributed by atoms with E-state index in [1.54, 1.807) is 31.4 Å². The molecule has 2 atom stereocenters. The summed E-state index contributed by atoms with van der Waals surface area (Å²) in [5.74, 6) is -0.829. The van der Waals surface area contributed by atoms with Crippen molar-refractivity contribution in [2.75, 3.05) is 20.3 Å². The van der Waals surface area contributed by atoms with Crippen molar-refractivity contribution in [1.82, 2.24) is 4.90 Å². The highest BCUT2D eigenvalue weighted by atomic mass is 16.5. The summed E-state index contributed by atoms with van der Waals surface area (Å²) in [6, 6.07) is 15.4. The van der Waals surface area contributed by atoms with Crippen molar-refractivity contribution in [2.45, 2.75) is 25.0 Å². The molecule has 1 N–H and O–H groups in total. The minimum Gasteiger partial charge on any atom is -0.507 e. The van der Waals surface area contributed by atoms with Gasteiger partial charge in [0, 0.05) is 18.7 Å². The van der Waals surface area contributed by atoms with Crippen molar-refractivity contribution in [3.63, 3.8) is 0 Å². The molecule has 0 bridgehead atoms. The number of ketones is 1. The summed E-state index contributed by atoms with van der Waals surface area (Å²) >= 11 is 0. The quantitative estimate of drug-likeness (QED) is 0.479. The SMILES string of the molecule is COc1ccc(/C(O)=C2/C(=O)C(=O)N(CC3CCCO3)C2c2ccccc2)cc1. The zero-order valence-electron chi connectivity index (χ0n) is 16.2. The van der Waals surface area contributed by atoms with Gasteiger partial charge in [0.2, 0.25) is 0 Å². The van der Waals surface area contributed by atoms with Crippen molar-refractivity contribution < 1.29 is 24.2 Å². The molecule has 2 aromatic carbocycles. The highest BCUT2D eigenvalue weighted by Gasteiger charge is 2.46. The molecule has 2 aromatic rings. The van der Waals surface area contributed by atoms with Gasteiger partial charge in [-0.05, 0) is 42.7 Å². The number of hydrogen-bond donors (Lipinski definition) is 1. The van der Waals surface area contributed by atoms with E-state index in [-0.39, 0.29) is 17.4 Å². The van der Waals surface area contributed by atoms with Gasteiger partial charge in [-0.15, -0.1) is 0 Å². The predicted octanol–water partition coefficient (Wildman–Crippen LogP) is 3.30. The Morgan fingerprint density at radius 3 is 2.48 bits per heavy atom. The highest BCUT2D eigenvalue weighted by molar-refractivity contribution is 6.46. The molecule has 2 unspecified atom stereocenters. The Morgan fingerprint density at radius 2 is 1.86 bits per heavy atom. The summed E-state index contributed by atoms with van der Waals surface area (Å²) in [5.41, 5.74) is 1.34. The molecule has 0 radical (unpaired) electrons. The van der Waals surface area contributed by atoms with Gasteiger partial charge in [0.1, 0.15) is 11.5 Å². The van der Waals surface area contributed by atoms with Crippen LogP contribution in [0.5, 0.6) is 5.75 Å². The van der Waals surface area contributed by atoms with Crippen LogP contribution >= 0.6 is 0 Å². The lowest BCUT2D eigenvalue weighted by molar-refractivity contribution is -0.140. The number of aliphatic hydroxyl groups excluding tert-OH is 1. The first-order valence-corrected chi connectivity index (χ1v) is 9.69. The molecular formula is C23H23NO5.